The van der Waals surface area contributed by atoms with Gasteiger partial charge in [-0.25, -0.2) is 0 Å². The Hall–Kier alpha value is -1.70. The van der Waals surface area contributed by atoms with Crippen LogP contribution in [0.15, 0.2) is 6.07 Å². The zero-order valence-electron chi connectivity index (χ0n) is 12.6. The molecule has 0 radical (unpaired) electrons. The number of halogens is 2. The van der Waals surface area contributed by atoms with Crippen LogP contribution in [0.25, 0.3) is 0 Å². The first-order valence-corrected chi connectivity index (χ1v) is 7.58. The number of thiophene rings is 1. The second-order valence-corrected chi connectivity index (χ2v) is 6.56. The molecule has 1 atom stereocenters. The van der Waals surface area contributed by atoms with Crippen molar-refractivity contribution in [3.8, 4) is 5.75 Å². The Morgan fingerprint density at radius 1 is 1.41 bits per heavy atom. The van der Waals surface area contributed by atoms with Crippen LogP contribution in [-0.2, 0) is 4.79 Å². The number of amides is 1. The maximum atomic E-state index is 12.3. The number of ether oxygens (including phenoxy) is 1. The van der Waals surface area contributed by atoms with E-state index in [4.69, 9.17) is 5.11 Å². The van der Waals surface area contributed by atoms with Gasteiger partial charge in [-0.15, -0.1) is 11.3 Å². The maximum Gasteiger partial charge on any atom is 0.387 e. The molecule has 1 aromatic heterocycles. The highest BCUT2D eigenvalue weighted by Gasteiger charge is 2.23. The number of carbonyl (C=O) groups excluding carboxylic acids is 1. The van der Waals surface area contributed by atoms with E-state index in [0.717, 1.165) is 11.3 Å². The van der Waals surface area contributed by atoms with Crippen molar-refractivity contribution in [1.82, 2.24) is 5.32 Å². The topological polar surface area (TPSA) is 75.6 Å². The normalized spacial score (nSPS) is 12.5. The first kappa shape index (κ1) is 18.3. The predicted octanol–water partition coefficient (Wildman–Crippen LogP) is 3.13. The average Bonchev–Trinajstić information content (AvgIpc) is 2.73. The third kappa shape index (κ3) is 5.59. The van der Waals surface area contributed by atoms with Crippen LogP contribution in [0.2, 0.25) is 0 Å². The summed E-state index contributed by atoms with van der Waals surface area (Å²) in [6.45, 7) is 2.35. The Kier molecular flexibility index (Phi) is 6.73. The molecule has 0 aliphatic carbocycles. The molecule has 1 heterocycles. The number of aryl methyl sites for hydroxylation is 1. The highest BCUT2D eigenvalue weighted by Crippen LogP contribution is 2.30. The highest BCUT2D eigenvalue weighted by molar-refractivity contribution is 7.14. The number of carboxylic acid groups (broad SMARTS) is 1. The second kappa shape index (κ2) is 8.07. The summed E-state index contributed by atoms with van der Waals surface area (Å²) in [6, 6.07) is 1.36. The molecule has 22 heavy (non-hydrogen) atoms. The fourth-order valence-corrected chi connectivity index (χ4v) is 2.83. The van der Waals surface area contributed by atoms with Crippen LogP contribution in [0.1, 0.15) is 34.8 Å². The molecular formula is C14H19F2NO4S. The van der Waals surface area contributed by atoms with Crippen molar-refractivity contribution in [3.63, 3.8) is 0 Å². The minimum atomic E-state index is -3.02. The van der Waals surface area contributed by atoms with Crippen LogP contribution < -0.4 is 10.1 Å². The Morgan fingerprint density at radius 3 is 2.55 bits per heavy atom. The number of hydrogen-bond acceptors (Lipinski definition) is 4. The molecule has 1 unspecified atom stereocenters. The van der Waals surface area contributed by atoms with Gasteiger partial charge in [-0.1, -0.05) is 13.8 Å². The van der Waals surface area contributed by atoms with Gasteiger partial charge >= 0.3 is 12.6 Å². The van der Waals surface area contributed by atoms with Crippen LogP contribution in [-0.4, -0.2) is 30.1 Å². The van der Waals surface area contributed by atoms with Gasteiger partial charge in [-0.2, -0.15) is 8.78 Å². The molecule has 0 bridgehead atoms. The lowest BCUT2D eigenvalue weighted by Crippen LogP contribution is -2.33. The fraction of sp³-hybridized carbons (Fsp3) is 0.571. The zero-order chi connectivity index (χ0) is 16.9. The van der Waals surface area contributed by atoms with Gasteiger partial charge in [-0.05, 0) is 25.3 Å². The Morgan fingerprint density at radius 2 is 2.05 bits per heavy atom. The van der Waals surface area contributed by atoms with Crippen molar-refractivity contribution in [3.05, 3.63) is 15.8 Å². The summed E-state index contributed by atoms with van der Waals surface area (Å²) in [5, 5.41) is 11.6. The van der Waals surface area contributed by atoms with Crippen LogP contribution in [0.5, 0.6) is 5.75 Å². The summed E-state index contributed by atoms with van der Waals surface area (Å²) in [5.74, 6) is -2.35. The minimum Gasteiger partial charge on any atom is -0.481 e. The van der Waals surface area contributed by atoms with Crippen LogP contribution >= 0.6 is 11.3 Å². The molecule has 5 nitrogen and oxygen atoms in total. The van der Waals surface area contributed by atoms with Crippen LogP contribution in [0.4, 0.5) is 8.78 Å². The number of aliphatic carboxylic acids is 1. The number of carboxylic acids is 1. The molecule has 0 saturated heterocycles. The van der Waals surface area contributed by atoms with Crippen molar-refractivity contribution >= 4 is 23.2 Å². The van der Waals surface area contributed by atoms with E-state index < -0.39 is 24.4 Å². The van der Waals surface area contributed by atoms with Gasteiger partial charge in [0.05, 0.1) is 5.92 Å². The first-order valence-electron chi connectivity index (χ1n) is 6.77. The van der Waals surface area contributed by atoms with Gasteiger partial charge in [0.2, 0.25) is 0 Å². The largest absolute Gasteiger partial charge is 0.481 e. The van der Waals surface area contributed by atoms with Gasteiger partial charge in [0.15, 0.2) is 0 Å². The smallest absolute Gasteiger partial charge is 0.387 e. The van der Waals surface area contributed by atoms with Crippen molar-refractivity contribution < 1.29 is 28.2 Å². The Labute approximate surface area is 131 Å². The van der Waals surface area contributed by atoms with E-state index in [2.05, 4.69) is 10.1 Å². The summed E-state index contributed by atoms with van der Waals surface area (Å²) in [5.41, 5.74) is 0. The van der Waals surface area contributed by atoms with Crippen LogP contribution in [0, 0.1) is 18.8 Å². The molecule has 1 amide bonds. The van der Waals surface area contributed by atoms with E-state index >= 15 is 0 Å². The van der Waals surface area contributed by atoms with E-state index in [0.29, 0.717) is 11.3 Å². The molecule has 0 aliphatic heterocycles. The van der Waals surface area contributed by atoms with Gasteiger partial charge in [0.25, 0.3) is 5.91 Å². The molecule has 0 saturated carbocycles. The number of alkyl halides is 2. The van der Waals surface area contributed by atoms with E-state index in [9.17, 15) is 18.4 Å². The summed E-state index contributed by atoms with van der Waals surface area (Å²) in [7, 11) is 0. The molecular weight excluding hydrogens is 316 g/mol. The van der Waals surface area contributed by atoms with Gasteiger partial charge in [0, 0.05) is 11.4 Å². The Bertz CT molecular complexity index is 531. The van der Waals surface area contributed by atoms with Crippen LogP contribution in [0.3, 0.4) is 0 Å². The number of nitrogens with one attached hydrogen (secondary N) is 1. The summed E-state index contributed by atoms with van der Waals surface area (Å²) >= 11 is 1.02. The molecule has 0 fully saturated rings. The fourth-order valence-electron chi connectivity index (χ4n) is 1.97. The number of hydrogen-bond donors (Lipinski definition) is 2. The van der Waals surface area contributed by atoms with E-state index in [1.165, 1.54) is 6.07 Å². The lowest BCUT2D eigenvalue weighted by Gasteiger charge is -2.15. The third-order valence-electron chi connectivity index (χ3n) is 2.86. The van der Waals surface area contributed by atoms with Gasteiger partial charge < -0.3 is 15.2 Å². The molecule has 0 aliphatic rings. The second-order valence-electron chi connectivity index (χ2n) is 5.30. The first-order chi connectivity index (χ1) is 10.2. The monoisotopic (exact) mass is 335 g/mol. The van der Waals surface area contributed by atoms with E-state index in [-0.39, 0.29) is 23.1 Å². The van der Waals surface area contributed by atoms with Crippen molar-refractivity contribution in [1.29, 1.82) is 0 Å². The SMILES string of the molecule is Cc1cc(OC(F)F)c(C(=O)NCC(CC(C)C)C(=O)O)s1. The lowest BCUT2D eigenvalue weighted by atomic mass is 9.97. The van der Waals surface area contributed by atoms with E-state index in [1.807, 2.05) is 13.8 Å². The average molecular weight is 335 g/mol. The standard InChI is InChI=1S/C14H19F2NO4S/c1-7(2)4-9(13(19)20)6-17-12(18)11-10(21-14(15)16)5-8(3)22-11/h5,7,9,14H,4,6H2,1-3H3,(H,17,18)(H,19,20). The summed E-state index contributed by atoms with van der Waals surface area (Å²) < 4.78 is 28.9. The molecule has 1 aromatic rings. The maximum absolute atomic E-state index is 12.3. The molecule has 124 valence electrons. The van der Waals surface area contributed by atoms with Gasteiger partial charge in [0.1, 0.15) is 10.6 Å². The van der Waals surface area contributed by atoms with Gasteiger partial charge in [-0.3, -0.25) is 9.59 Å². The summed E-state index contributed by atoms with van der Waals surface area (Å²) in [6.07, 6.45) is 0.416. The minimum absolute atomic E-state index is 0.0199. The molecule has 0 spiro atoms. The molecule has 8 heteroatoms. The molecule has 1 rings (SSSR count). The third-order valence-corrected chi connectivity index (χ3v) is 3.89. The Balaban J connectivity index is 2.74. The molecule has 0 aromatic carbocycles. The van der Waals surface area contributed by atoms with Crippen molar-refractivity contribution in [2.75, 3.05) is 6.54 Å². The summed E-state index contributed by atoms with van der Waals surface area (Å²) in [4.78, 5) is 23.9. The quantitative estimate of drug-likeness (QED) is 0.765. The van der Waals surface area contributed by atoms with E-state index in [1.54, 1.807) is 6.92 Å². The number of rotatable bonds is 8. The van der Waals surface area contributed by atoms with Crippen molar-refractivity contribution in [2.24, 2.45) is 11.8 Å². The molecule has 2 N–H and O–H groups in total. The zero-order valence-corrected chi connectivity index (χ0v) is 13.4. The van der Waals surface area contributed by atoms with Crippen molar-refractivity contribution in [2.45, 2.75) is 33.8 Å². The highest BCUT2D eigenvalue weighted by atomic mass is 32.1. The predicted molar refractivity (Wildman–Crippen MR) is 78.6 cm³/mol. The number of carbonyl (C=O) groups is 2. The lowest BCUT2D eigenvalue weighted by molar-refractivity contribution is -0.142.